The van der Waals surface area contributed by atoms with Crippen LogP contribution in [0.3, 0.4) is 0 Å². The average molecular weight is 391 g/mol. The lowest BCUT2D eigenvalue weighted by atomic mass is 10.3. The fourth-order valence-corrected chi connectivity index (χ4v) is 4.35. The number of aromatic nitrogens is 2. The van der Waals surface area contributed by atoms with Crippen LogP contribution in [0.5, 0.6) is 5.75 Å². The molecule has 0 spiro atoms. The lowest BCUT2D eigenvalue weighted by Gasteiger charge is -2.34. The molecule has 0 saturated carbocycles. The fourth-order valence-electron chi connectivity index (χ4n) is 2.93. The highest BCUT2D eigenvalue weighted by Gasteiger charge is 2.29. The molecule has 1 aromatic heterocycles. The molecule has 0 amide bonds. The smallest absolute Gasteiger partial charge is 0.243 e. The first-order valence-electron chi connectivity index (χ1n) is 8.90. The van der Waals surface area contributed by atoms with Crippen LogP contribution in [0, 0.1) is 0 Å². The van der Waals surface area contributed by atoms with Gasteiger partial charge in [-0.3, -0.25) is 0 Å². The van der Waals surface area contributed by atoms with Gasteiger partial charge in [-0.25, -0.2) is 8.42 Å². The summed E-state index contributed by atoms with van der Waals surface area (Å²) in [7, 11) is 0.379. The molecule has 1 aliphatic heterocycles. The van der Waals surface area contributed by atoms with E-state index >= 15 is 0 Å². The Hall–Kier alpha value is -2.39. The second-order valence-electron chi connectivity index (χ2n) is 6.46. The minimum absolute atomic E-state index is 0.286. The molecule has 2 aromatic rings. The van der Waals surface area contributed by atoms with Gasteiger partial charge in [0.05, 0.1) is 23.4 Å². The van der Waals surface area contributed by atoms with Gasteiger partial charge in [0.15, 0.2) is 5.82 Å². The van der Waals surface area contributed by atoms with E-state index < -0.39 is 10.0 Å². The van der Waals surface area contributed by atoms with E-state index in [0.717, 1.165) is 11.5 Å². The SMILES string of the molecule is CCOc1ccc(S(=O)(=O)N2CCN(c3cc(N(C)C)cnn3)CC2)cc1. The quantitative estimate of drug-likeness (QED) is 0.737. The molecule has 3 rings (SSSR count). The molecule has 27 heavy (non-hydrogen) atoms. The lowest BCUT2D eigenvalue weighted by Crippen LogP contribution is -2.49. The summed E-state index contributed by atoms with van der Waals surface area (Å²) in [5.41, 5.74) is 0.962. The van der Waals surface area contributed by atoms with E-state index in [9.17, 15) is 8.42 Å². The van der Waals surface area contributed by atoms with Crippen molar-refractivity contribution < 1.29 is 13.2 Å². The van der Waals surface area contributed by atoms with Gasteiger partial charge in [0.25, 0.3) is 0 Å². The molecule has 9 heteroatoms. The highest BCUT2D eigenvalue weighted by atomic mass is 32.2. The number of ether oxygens (including phenoxy) is 1. The van der Waals surface area contributed by atoms with E-state index in [-0.39, 0.29) is 4.90 Å². The number of rotatable bonds is 6. The van der Waals surface area contributed by atoms with Gasteiger partial charge in [0, 0.05) is 46.3 Å². The number of hydrogen-bond donors (Lipinski definition) is 0. The van der Waals surface area contributed by atoms with Gasteiger partial charge < -0.3 is 14.5 Å². The van der Waals surface area contributed by atoms with E-state index in [0.29, 0.717) is 38.5 Å². The number of anilines is 2. The average Bonchev–Trinajstić information content (AvgIpc) is 2.69. The Morgan fingerprint density at radius 1 is 1.11 bits per heavy atom. The standard InChI is InChI=1S/C18H25N5O3S/c1-4-26-16-5-7-17(8-6-16)27(24,25)23-11-9-22(10-12-23)18-13-15(21(2)3)14-19-20-18/h5-8,13-14H,4,9-12H2,1-3H3. The molecule has 146 valence electrons. The second-order valence-corrected chi connectivity index (χ2v) is 8.40. The van der Waals surface area contributed by atoms with E-state index in [1.54, 1.807) is 30.5 Å². The number of nitrogens with zero attached hydrogens (tertiary/aromatic N) is 5. The first kappa shape index (κ1) is 19.4. The van der Waals surface area contributed by atoms with Crippen molar-refractivity contribution in [2.45, 2.75) is 11.8 Å². The van der Waals surface area contributed by atoms with Crippen molar-refractivity contribution in [1.82, 2.24) is 14.5 Å². The molecule has 0 unspecified atom stereocenters. The predicted molar refractivity (Wildman–Crippen MR) is 105 cm³/mol. The lowest BCUT2D eigenvalue weighted by molar-refractivity contribution is 0.340. The first-order chi connectivity index (χ1) is 12.9. The minimum atomic E-state index is -3.51. The molecule has 8 nitrogen and oxygen atoms in total. The van der Waals surface area contributed by atoms with Crippen molar-refractivity contribution in [3.8, 4) is 5.75 Å². The van der Waals surface area contributed by atoms with Crippen LogP contribution in [-0.2, 0) is 10.0 Å². The predicted octanol–water partition coefficient (Wildman–Crippen LogP) is 1.45. The van der Waals surface area contributed by atoms with Crippen molar-refractivity contribution in [1.29, 1.82) is 0 Å². The van der Waals surface area contributed by atoms with Crippen LogP contribution < -0.4 is 14.5 Å². The zero-order valence-corrected chi connectivity index (χ0v) is 16.7. The number of piperazine rings is 1. The van der Waals surface area contributed by atoms with Gasteiger partial charge in [-0.15, -0.1) is 5.10 Å². The molecular formula is C18H25N5O3S. The highest BCUT2D eigenvalue weighted by Crippen LogP contribution is 2.23. The number of hydrogen-bond acceptors (Lipinski definition) is 7. The summed E-state index contributed by atoms with van der Waals surface area (Å²) in [4.78, 5) is 4.31. The molecule has 0 atom stereocenters. The van der Waals surface area contributed by atoms with Gasteiger partial charge in [-0.05, 0) is 31.2 Å². The summed E-state index contributed by atoms with van der Waals surface area (Å²) in [6.45, 7) is 4.39. The third-order valence-electron chi connectivity index (χ3n) is 4.48. The molecule has 0 radical (unpaired) electrons. The largest absolute Gasteiger partial charge is 0.494 e. The molecule has 1 aliphatic rings. The van der Waals surface area contributed by atoms with Gasteiger partial charge in [0.2, 0.25) is 10.0 Å². The third kappa shape index (κ3) is 4.30. The van der Waals surface area contributed by atoms with Crippen LogP contribution >= 0.6 is 0 Å². The molecule has 2 heterocycles. The Morgan fingerprint density at radius 2 is 1.78 bits per heavy atom. The molecule has 1 aromatic carbocycles. The van der Waals surface area contributed by atoms with Gasteiger partial charge in [0.1, 0.15) is 5.75 Å². The van der Waals surface area contributed by atoms with Gasteiger partial charge >= 0.3 is 0 Å². The number of sulfonamides is 1. The summed E-state index contributed by atoms with van der Waals surface area (Å²) in [6, 6.07) is 8.53. The third-order valence-corrected chi connectivity index (χ3v) is 6.39. The van der Waals surface area contributed by atoms with E-state index in [2.05, 4.69) is 15.1 Å². The molecule has 1 saturated heterocycles. The van der Waals surface area contributed by atoms with Crippen LogP contribution in [0.15, 0.2) is 41.4 Å². The van der Waals surface area contributed by atoms with Crippen LogP contribution in [0.25, 0.3) is 0 Å². The van der Waals surface area contributed by atoms with Crippen molar-refractivity contribution in [3.63, 3.8) is 0 Å². The van der Waals surface area contributed by atoms with Crippen molar-refractivity contribution in [3.05, 3.63) is 36.5 Å². The van der Waals surface area contributed by atoms with Crippen LogP contribution in [-0.4, -0.2) is 69.8 Å². The summed E-state index contributed by atoms with van der Waals surface area (Å²) < 4.78 is 32.6. The van der Waals surface area contributed by atoms with Crippen molar-refractivity contribution in [2.24, 2.45) is 0 Å². The van der Waals surface area contributed by atoms with Gasteiger partial charge in [-0.2, -0.15) is 9.40 Å². The summed E-state index contributed by atoms with van der Waals surface area (Å²) in [6.07, 6.45) is 1.70. The minimum Gasteiger partial charge on any atom is -0.494 e. The Bertz CT molecular complexity index is 863. The molecular weight excluding hydrogens is 366 g/mol. The van der Waals surface area contributed by atoms with E-state index in [1.165, 1.54) is 4.31 Å². The van der Waals surface area contributed by atoms with Crippen LogP contribution in [0.1, 0.15) is 6.92 Å². The van der Waals surface area contributed by atoms with Crippen molar-refractivity contribution in [2.75, 3.05) is 56.7 Å². The second kappa shape index (κ2) is 8.10. The highest BCUT2D eigenvalue weighted by molar-refractivity contribution is 7.89. The molecule has 0 N–H and O–H groups in total. The topological polar surface area (TPSA) is 78.9 Å². The van der Waals surface area contributed by atoms with Crippen molar-refractivity contribution >= 4 is 21.5 Å². The Kier molecular flexibility index (Phi) is 5.81. The molecule has 0 bridgehead atoms. The maximum absolute atomic E-state index is 12.9. The summed E-state index contributed by atoms with van der Waals surface area (Å²) in [5, 5.41) is 8.23. The Morgan fingerprint density at radius 3 is 2.37 bits per heavy atom. The maximum Gasteiger partial charge on any atom is 0.243 e. The van der Waals surface area contributed by atoms with E-state index in [4.69, 9.17) is 4.74 Å². The van der Waals surface area contributed by atoms with Gasteiger partial charge in [-0.1, -0.05) is 0 Å². The Labute approximate surface area is 160 Å². The number of benzene rings is 1. The summed E-state index contributed by atoms with van der Waals surface area (Å²) in [5.74, 6) is 1.43. The molecule has 0 aliphatic carbocycles. The maximum atomic E-state index is 12.9. The monoisotopic (exact) mass is 391 g/mol. The molecule has 1 fully saturated rings. The fraction of sp³-hybridized carbons (Fsp3) is 0.444. The zero-order chi connectivity index (χ0) is 19.4. The van der Waals surface area contributed by atoms with Crippen LogP contribution in [0.4, 0.5) is 11.5 Å². The van der Waals surface area contributed by atoms with E-state index in [1.807, 2.05) is 32.0 Å². The first-order valence-corrected chi connectivity index (χ1v) is 10.3. The van der Waals surface area contributed by atoms with Crippen LogP contribution in [0.2, 0.25) is 0 Å². The summed E-state index contributed by atoms with van der Waals surface area (Å²) >= 11 is 0. The zero-order valence-electron chi connectivity index (χ0n) is 15.9. The Balaban J connectivity index is 1.68. The normalized spacial score (nSPS) is 15.6.